The molecule has 8 heteroatoms. The molecule has 0 N–H and O–H groups in total. The molecule has 1 amide bonds. The molecule has 4 rings (SSSR count). The molecule has 1 saturated heterocycles. The van der Waals surface area contributed by atoms with Crippen LogP contribution in [0, 0.1) is 0 Å². The van der Waals surface area contributed by atoms with Crippen molar-refractivity contribution in [3.63, 3.8) is 0 Å². The van der Waals surface area contributed by atoms with E-state index in [4.69, 9.17) is 4.98 Å². The van der Waals surface area contributed by atoms with Gasteiger partial charge < -0.3 is 4.90 Å². The second-order valence-electron chi connectivity index (χ2n) is 7.82. The quantitative estimate of drug-likeness (QED) is 0.589. The van der Waals surface area contributed by atoms with Gasteiger partial charge in [-0.3, -0.25) is 4.79 Å². The summed E-state index contributed by atoms with van der Waals surface area (Å²) in [6.45, 7) is 4.32. The van der Waals surface area contributed by atoms with Crippen LogP contribution >= 0.6 is 11.3 Å². The van der Waals surface area contributed by atoms with E-state index in [1.165, 1.54) is 16.4 Å². The van der Waals surface area contributed by atoms with Crippen LogP contribution in [0.4, 0.5) is 0 Å². The molecule has 2 aromatic carbocycles. The van der Waals surface area contributed by atoms with Gasteiger partial charge in [-0.05, 0) is 63.1 Å². The van der Waals surface area contributed by atoms with E-state index in [2.05, 4.69) is 0 Å². The van der Waals surface area contributed by atoms with Gasteiger partial charge in [0.1, 0.15) is 5.01 Å². The number of aromatic nitrogens is 1. The number of sulfonamides is 1. The largest absolute Gasteiger partial charge is 0.329 e. The minimum Gasteiger partial charge on any atom is -0.329 e. The maximum Gasteiger partial charge on any atom is 0.254 e. The molecule has 158 valence electrons. The molecule has 0 radical (unpaired) electrons. The highest BCUT2D eigenvalue weighted by Gasteiger charge is 2.33. The van der Waals surface area contributed by atoms with Crippen molar-refractivity contribution in [2.45, 2.75) is 43.7 Å². The summed E-state index contributed by atoms with van der Waals surface area (Å²) >= 11 is 1.63. The molecule has 1 atom stereocenters. The topological polar surface area (TPSA) is 70.6 Å². The highest BCUT2D eigenvalue weighted by Crippen LogP contribution is 2.37. The average molecular weight is 444 g/mol. The molecule has 1 aliphatic heterocycles. The van der Waals surface area contributed by atoms with Crippen LogP contribution < -0.4 is 0 Å². The molecule has 1 unspecified atom stereocenters. The first-order valence-corrected chi connectivity index (χ1v) is 12.3. The first-order chi connectivity index (χ1) is 14.3. The number of hydrogen-bond acceptors (Lipinski definition) is 5. The van der Waals surface area contributed by atoms with Gasteiger partial charge in [-0.15, -0.1) is 11.3 Å². The van der Waals surface area contributed by atoms with Crippen molar-refractivity contribution in [3.8, 4) is 0 Å². The number of thiazole rings is 1. The van der Waals surface area contributed by atoms with Crippen LogP contribution in [0.2, 0.25) is 0 Å². The van der Waals surface area contributed by atoms with Gasteiger partial charge >= 0.3 is 0 Å². The molecule has 1 fully saturated rings. The van der Waals surface area contributed by atoms with E-state index in [9.17, 15) is 13.2 Å². The Morgan fingerprint density at radius 2 is 1.87 bits per heavy atom. The lowest BCUT2D eigenvalue weighted by molar-refractivity contribution is 0.0735. The van der Waals surface area contributed by atoms with Crippen LogP contribution in [0.1, 0.15) is 48.1 Å². The summed E-state index contributed by atoms with van der Waals surface area (Å²) in [6, 6.07) is 14.1. The third kappa shape index (κ3) is 3.75. The average Bonchev–Trinajstić information content (AvgIpc) is 3.39. The van der Waals surface area contributed by atoms with E-state index in [0.717, 1.165) is 28.1 Å². The number of nitrogens with zero attached hydrogens (tertiary/aromatic N) is 3. The molecule has 0 bridgehead atoms. The number of carbonyl (C=O) groups is 1. The highest BCUT2D eigenvalue weighted by molar-refractivity contribution is 7.89. The van der Waals surface area contributed by atoms with Crippen LogP contribution in [0.3, 0.4) is 0 Å². The lowest BCUT2D eigenvalue weighted by Gasteiger charge is -2.24. The molecule has 2 heterocycles. The summed E-state index contributed by atoms with van der Waals surface area (Å²) in [7, 11) is -2.01. The second-order valence-corrected chi connectivity index (χ2v) is 10.9. The Hall–Kier alpha value is -2.29. The van der Waals surface area contributed by atoms with Crippen LogP contribution in [-0.4, -0.2) is 48.1 Å². The Balaban J connectivity index is 1.58. The molecule has 6 nitrogen and oxygen atoms in total. The Morgan fingerprint density at radius 3 is 2.53 bits per heavy atom. The van der Waals surface area contributed by atoms with E-state index in [1.807, 2.05) is 43.0 Å². The summed E-state index contributed by atoms with van der Waals surface area (Å²) in [6.07, 6.45) is 1.81. The zero-order chi connectivity index (χ0) is 21.5. The van der Waals surface area contributed by atoms with Gasteiger partial charge in [0.15, 0.2) is 0 Å². The maximum atomic E-state index is 13.2. The van der Waals surface area contributed by atoms with Gasteiger partial charge in [0, 0.05) is 25.2 Å². The van der Waals surface area contributed by atoms with Crippen LogP contribution in [-0.2, 0) is 10.0 Å². The van der Waals surface area contributed by atoms with Gasteiger partial charge in [-0.2, -0.15) is 4.31 Å². The van der Waals surface area contributed by atoms with Crippen LogP contribution in [0.25, 0.3) is 10.2 Å². The Labute approximate surface area is 181 Å². The van der Waals surface area contributed by atoms with Gasteiger partial charge in [0.2, 0.25) is 10.0 Å². The molecule has 1 aromatic heterocycles. The van der Waals surface area contributed by atoms with Crippen molar-refractivity contribution in [3.05, 3.63) is 59.1 Å². The molecule has 30 heavy (non-hydrogen) atoms. The lowest BCUT2D eigenvalue weighted by atomic mass is 10.1. The second kappa shape index (κ2) is 8.09. The fourth-order valence-electron chi connectivity index (χ4n) is 3.68. The number of rotatable bonds is 5. The zero-order valence-electron chi connectivity index (χ0n) is 17.3. The highest BCUT2D eigenvalue weighted by atomic mass is 32.2. The molecule has 1 aliphatic rings. The number of benzene rings is 2. The van der Waals surface area contributed by atoms with E-state index < -0.39 is 10.0 Å². The number of likely N-dealkylation sites (tertiary alicyclic amines) is 1. The first-order valence-electron chi connectivity index (χ1n) is 10.0. The molecule has 0 aliphatic carbocycles. The minimum absolute atomic E-state index is 0.0367. The van der Waals surface area contributed by atoms with Crippen molar-refractivity contribution in [1.29, 1.82) is 0 Å². The summed E-state index contributed by atoms with van der Waals surface area (Å²) in [5.74, 6) is -0.0853. The van der Waals surface area contributed by atoms with E-state index >= 15 is 0 Å². The molecular weight excluding hydrogens is 418 g/mol. The van der Waals surface area contributed by atoms with Gasteiger partial charge in [0.25, 0.3) is 5.91 Å². The molecular formula is C22H25N3O3S2. The standard InChI is InChI=1S/C22H25N3O3S2/c1-15(2)24(3)30(27,28)17-12-10-16(11-13-17)22(26)25-14-6-8-19(25)21-23-18-7-4-5-9-20(18)29-21/h4-5,7,9-13,15,19H,6,8,14H2,1-3H3. The normalized spacial score (nSPS) is 17.4. The number of hydrogen-bond donors (Lipinski definition) is 0. The SMILES string of the molecule is CC(C)N(C)S(=O)(=O)c1ccc(C(=O)N2CCCC2c2nc3ccccc3s2)cc1. The van der Waals surface area contributed by atoms with Gasteiger partial charge in [-0.25, -0.2) is 13.4 Å². The minimum atomic E-state index is -3.57. The molecule has 3 aromatic rings. The maximum absolute atomic E-state index is 13.2. The third-order valence-electron chi connectivity index (χ3n) is 5.61. The summed E-state index contributed by atoms with van der Waals surface area (Å²) in [4.78, 5) is 20.0. The van der Waals surface area contributed by atoms with Crippen molar-refractivity contribution >= 4 is 37.5 Å². The fraction of sp³-hybridized carbons (Fsp3) is 0.364. The number of carbonyl (C=O) groups excluding carboxylic acids is 1. The summed E-state index contributed by atoms with van der Waals surface area (Å²) < 4.78 is 27.8. The van der Waals surface area contributed by atoms with Crippen molar-refractivity contribution in [2.24, 2.45) is 0 Å². The predicted molar refractivity (Wildman–Crippen MR) is 119 cm³/mol. The van der Waals surface area contributed by atoms with Gasteiger partial charge in [0.05, 0.1) is 21.2 Å². The Kier molecular flexibility index (Phi) is 5.65. The van der Waals surface area contributed by atoms with Crippen molar-refractivity contribution in [2.75, 3.05) is 13.6 Å². The number of para-hydroxylation sites is 1. The third-order valence-corrected chi connectivity index (χ3v) is 8.80. The van der Waals surface area contributed by atoms with Crippen LogP contribution in [0.5, 0.6) is 0 Å². The smallest absolute Gasteiger partial charge is 0.254 e. The zero-order valence-corrected chi connectivity index (χ0v) is 18.9. The summed E-state index contributed by atoms with van der Waals surface area (Å²) in [5, 5.41) is 0.958. The Bertz CT molecular complexity index is 1140. The van der Waals surface area contributed by atoms with Crippen molar-refractivity contribution in [1.82, 2.24) is 14.2 Å². The molecule has 0 spiro atoms. The van der Waals surface area contributed by atoms with Crippen molar-refractivity contribution < 1.29 is 13.2 Å². The monoisotopic (exact) mass is 443 g/mol. The van der Waals surface area contributed by atoms with Crippen LogP contribution in [0.15, 0.2) is 53.4 Å². The summed E-state index contributed by atoms with van der Waals surface area (Å²) in [5.41, 5.74) is 1.45. The van der Waals surface area contributed by atoms with Gasteiger partial charge in [-0.1, -0.05) is 12.1 Å². The molecule has 0 saturated carbocycles. The fourth-order valence-corrected chi connectivity index (χ4v) is 6.16. The first kappa shape index (κ1) is 21.0. The van der Waals surface area contributed by atoms with E-state index in [-0.39, 0.29) is 22.9 Å². The van der Waals surface area contributed by atoms with E-state index in [1.54, 1.807) is 30.5 Å². The number of amides is 1. The predicted octanol–water partition coefficient (Wildman–Crippen LogP) is 4.30. The van der Waals surface area contributed by atoms with E-state index in [0.29, 0.717) is 12.1 Å². The number of fused-ring (bicyclic) bond motifs is 1. The lowest BCUT2D eigenvalue weighted by Crippen LogP contribution is -2.33. The Morgan fingerprint density at radius 1 is 1.17 bits per heavy atom.